The molecule has 0 atom stereocenters. The molecular formula is C21H25ClN4. The van der Waals surface area contributed by atoms with Crippen LogP contribution < -0.4 is 17.3 Å². The number of anilines is 1. The first-order valence-corrected chi connectivity index (χ1v) is 8.93. The molecule has 2 aromatic carbocycles. The van der Waals surface area contributed by atoms with E-state index in [2.05, 4.69) is 68.4 Å². The SMILES string of the molecule is Cc1ccc2nc(N3CC[N+](C)(C)CC3)nc(-c3ccccc3)c2c1.[Cl-]. The van der Waals surface area contributed by atoms with E-state index in [-0.39, 0.29) is 12.4 Å². The largest absolute Gasteiger partial charge is 1.00 e. The normalized spacial score (nSPS) is 16.3. The second kappa shape index (κ2) is 7.22. The molecule has 0 amide bonds. The Morgan fingerprint density at radius 3 is 2.31 bits per heavy atom. The van der Waals surface area contributed by atoms with Crippen molar-refractivity contribution in [3.05, 3.63) is 54.1 Å². The molecule has 4 rings (SSSR count). The molecule has 1 aromatic heterocycles. The number of nitrogens with zero attached hydrogens (tertiary/aromatic N) is 4. The zero-order valence-corrected chi connectivity index (χ0v) is 16.4. The summed E-state index contributed by atoms with van der Waals surface area (Å²) in [5.74, 6) is 0.856. The average molecular weight is 369 g/mol. The number of quaternary nitrogens is 1. The molecule has 0 aliphatic carbocycles. The highest BCUT2D eigenvalue weighted by Crippen LogP contribution is 2.29. The van der Waals surface area contributed by atoms with Gasteiger partial charge in [-0.1, -0.05) is 42.0 Å². The first-order valence-electron chi connectivity index (χ1n) is 8.93. The van der Waals surface area contributed by atoms with E-state index in [1.165, 1.54) is 5.56 Å². The standard InChI is InChI=1S/C21H25N4.ClH/c1-16-9-10-19-18(15-16)20(17-7-5-4-6-8-17)23-21(22-19)24-11-13-25(2,3)14-12-24;/h4-10,15H,11-14H2,1-3H3;1H/q+1;/p-1. The van der Waals surface area contributed by atoms with Crippen LogP contribution in [0.4, 0.5) is 5.95 Å². The maximum Gasteiger partial charge on any atom is 0.226 e. The quantitative estimate of drug-likeness (QED) is 0.617. The van der Waals surface area contributed by atoms with Gasteiger partial charge in [0.25, 0.3) is 0 Å². The van der Waals surface area contributed by atoms with E-state index in [4.69, 9.17) is 9.97 Å². The summed E-state index contributed by atoms with van der Waals surface area (Å²) < 4.78 is 1.06. The Hall–Kier alpha value is -2.17. The van der Waals surface area contributed by atoms with Gasteiger partial charge in [0.2, 0.25) is 5.95 Å². The van der Waals surface area contributed by atoms with E-state index in [0.29, 0.717) is 0 Å². The van der Waals surface area contributed by atoms with Crippen molar-refractivity contribution in [2.45, 2.75) is 6.92 Å². The summed E-state index contributed by atoms with van der Waals surface area (Å²) in [6.07, 6.45) is 0. The first kappa shape index (κ1) is 18.6. The third-order valence-corrected chi connectivity index (χ3v) is 5.12. The number of piperazine rings is 1. The van der Waals surface area contributed by atoms with Crippen LogP contribution in [0.25, 0.3) is 22.2 Å². The number of likely N-dealkylation sites (N-methyl/N-ethyl adjacent to an activating group) is 1. The third-order valence-electron chi connectivity index (χ3n) is 5.12. The number of hydrogen-bond donors (Lipinski definition) is 0. The van der Waals surface area contributed by atoms with Crippen molar-refractivity contribution in [3.63, 3.8) is 0 Å². The van der Waals surface area contributed by atoms with Crippen molar-refractivity contribution in [1.29, 1.82) is 0 Å². The molecule has 26 heavy (non-hydrogen) atoms. The minimum absolute atomic E-state index is 0. The minimum atomic E-state index is 0. The molecule has 0 bridgehead atoms. The predicted molar refractivity (Wildman–Crippen MR) is 104 cm³/mol. The van der Waals surface area contributed by atoms with Crippen molar-refractivity contribution in [2.24, 2.45) is 0 Å². The Balaban J connectivity index is 0.00000196. The molecule has 0 radical (unpaired) electrons. The number of halogens is 1. The number of aryl methyl sites for hydroxylation is 1. The van der Waals surface area contributed by atoms with Crippen LogP contribution in [0.1, 0.15) is 5.56 Å². The lowest BCUT2D eigenvalue weighted by Gasteiger charge is -2.39. The summed E-state index contributed by atoms with van der Waals surface area (Å²) in [4.78, 5) is 12.2. The maximum atomic E-state index is 4.99. The second-order valence-electron chi connectivity index (χ2n) is 7.63. The first-order chi connectivity index (χ1) is 12.0. The summed E-state index contributed by atoms with van der Waals surface area (Å²) in [6.45, 7) is 6.36. The van der Waals surface area contributed by atoms with Crippen molar-refractivity contribution in [1.82, 2.24) is 9.97 Å². The Bertz CT molecular complexity index is 899. The lowest BCUT2D eigenvalue weighted by atomic mass is 10.0. The van der Waals surface area contributed by atoms with Gasteiger partial charge in [0, 0.05) is 10.9 Å². The zero-order chi connectivity index (χ0) is 17.4. The molecule has 2 heterocycles. The van der Waals surface area contributed by atoms with Gasteiger partial charge in [0.05, 0.1) is 51.5 Å². The molecule has 136 valence electrons. The fourth-order valence-corrected chi connectivity index (χ4v) is 3.39. The summed E-state index contributed by atoms with van der Waals surface area (Å²) in [5, 5.41) is 1.13. The van der Waals surface area contributed by atoms with Gasteiger partial charge in [-0.25, -0.2) is 9.97 Å². The molecule has 1 aliphatic rings. The Kier molecular flexibility index (Phi) is 5.17. The van der Waals surface area contributed by atoms with Crippen LogP contribution in [-0.4, -0.2) is 54.7 Å². The van der Waals surface area contributed by atoms with Gasteiger partial charge in [0.15, 0.2) is 0 Å². The average Bonchev–Trinajstić information content (AvgIpc) is 2.61. The van der Waals surface area contributed by atoms with E-state index in [0.717, 1.165) is 58.8 Å². The van der Waals surface area contributed by atoms with E-state index < -0.39 is 0 Å². The van der Waals surface area contributed by atoms with Crippen LogP contribution in [0.2, 0.25) is 0 Å². The topological polar surface area (TPSA) is 29.0 Å². The van der Waals surface area contributed by atoms with Gasteiger partial charge in [-0.2, -0.15) is 0 Å². The van der Waals surface area contributed by atoms with E-state index >= 15 is 0 Å². The second-order valence-corrected chi connectivity index (χ2v) is 7.63. The van der Waals surface area contributed by atoms with Crippen molar-refractivity contribution in [2.75, 3.05) is 45.2 Å². The van der Waals surface area contributed by atoms with Gasteiger partial charge in [-0.15, -0.1) is 0 Å². The number of fused-ring (bicyclic) bond motifs is 1. The lowest BCUT2D eigenvalue weighted by Crippen LogP contribution is -3.00. The molecule has 1 aliphatic heterocycles. The van der Waals surface area contributed by atoms with Crippen LogP contribution in [0, 0.1) is 6.92 Å². The van der Waals surface area contributed by atoms with Gasteiger partial charge >= 0.3 is 0 Å². The smallest absolute Gasteiger partial charge is 0.226 e. The third kappa shape index (κ3) is 3.67. The molecular weight excluding hydrogens is 344 g/mol. The Morgan fingerprint density at radius 1 is 0.923 bits per heavy atom. The van der Waals surface area contributed by atoms with E-state index in [1.54, 1.807) is 0 Å². The summed E-state index contributed by atoms with van der Waals surface area (Å²) in [7, 11) is 4.58. The van der Waals surface area contributed by atoms with Gasteiger partial charge < -0.3 is 21.8 Å². The molecule has 4 nitrogen and oxygen atoms in total. The van der Waals surface area contributed by atoms with Crippen LogP contribution in [0.3, 0.4) is 0 Å². The molecule has 0 unspecified atom stereocenters. The van der Waals surface area contributed by atoms with Crippen LogP contribution >= 0.6 is 0 Å². The maximum absolute atomic E-state index is 4.99. The van der Waals surface area contributed by atoms with Gasteiger partial charge in [0.1, 0.15) is 0 Å². The Labute approximate surface area is 161 Å². The fourth-order valence-electron chi connectivity index (χ4n) is 3.39. The van der Waals surface area contributed by atoms with Crippen molar-refractivity contribution < 1.29 is 16.9 Å². The van der Waals surface area contributed by atoms with E-state index in [9.17, 15) is 0 Å². The van der Waals surface area contributed by atoms with Crippen LogP contribution in [0.15, 0.2) is 48.5 Å². The molecule has 1 saturated heterocycles. The van der Waals surface area contributed by atoms with Gasteiger partial charge in [-0.3, -0.25) is 0 Å². The minimum Gasteiger partial charge on any atom is -1.00 e. The molecule has 1 fully saturated rings. The molecule has 0 N–H and O–H groups in total. The highest BCUT2D eigenvalue weighted by atomic mass is 35.5. The van der Waals surface area contributed by atoms with Gasteiger partial charge in [-0.05, 0) is 19.1 Å². The van der Waals surface area contributed by atoms with Crippen molar-refractivity contribution in [3.8, 4) is 11.3 Å². The van der Waals surface area contributed by atoms with Crippen LogP contribution in [0.5, 0.6) is 0 Å². The Morgan fingerprint density at radius 2 is 1.62 bits per heavy atom. The molecule has 0 saturated carbocycles. The van der Waals surface area contributed by atoms with Crippen molar-refractivity contribution >= 4 is 16.9 Å². The monoisotopic (exact) mass is 368 g/mol. The fraction of sp³-hybridized carbons (Fsp3) is 0.333. The molecule has 0 spiro atoms. The zero-order valence-electron chi connectivity index (χ0n) is 15.6. The number of hydrogen-bond acceptors (Lipinski definition) is 3. The van der Waals surface area contributed by atoms with E-state index in [1.807, 2.05) is 6.07 Å². The number of rotatable bonds is 2. The summed E-state index contributed by atoms with van der Waals surface area (Å²) >= 11 is 0. The summed E-state index contributed by atoms with van der Waals surface area (Å²) in [6, 6.07) is 16.9. The lowest BCUT2D eigenvalue weighted by molar-refractivity contribution is -0.890. The number of aromatic nitrogens is 2. The highest BCUT2D eigenvalue weighted by Gasteiger charge is 2.26. The molecule has 3 aromatic rings. The number of benzene rings is 2. The molecule has 5 heteroatoms. The van der Waals surface area contributed by atoms with Crippen LogP contribution in [-0.2, 0) is 0 Å². The predicted octanol–water partition coefficient (Wildman–Crippen LogP) is 0.506. The summed E-state index contributed by atoms with van der Waals surface area (Å²) in [5.41, 5.74) is 4.44. The highest BCUT2D eigenvalue weighted by molar-refractivity contribution is 5.93.